The zero-order chi connectivity index (χ0) is 31.5. The summed E-state index contributed by atoms with van der Waals surface area (Å²) in [5, 5.41) is 10.1. The van der Waals surface area contributed by atoms with E-state index in [-0.39, 0.29) is 24.1 Å². The van der Waals surface area contributed by atoms with E-state index in [1.165, 1.54) is 12.1 Å². The third-order valence-corrected chi connectivity index (χ3v) is 9.39. The second-order valence-electron chi connectivity index (χ2n) is 12.1. The molecule has 10 heteroatoms. The van der Waals surface area contributed by atoms with E-state index in [4.69, 9.17) is 4.74 Å². The first kappa shape index (κ1) is 32.4. The Balaban J connectivity index is 1.29. The van der Waals surface area contributed by atoms with Crippen molar-refractivity contribution in [1.29, 1.82) is 0 Å². The Kier molecular flexibility index (Phi) is 9.72. The molecule has 1 saturated carbocycles. The molecule has 1 aliphatic carbocycles. The number of benzene rings is 3. The van der Waals surface area contributed by atoms with Crippen molar-refractivity contribution in [1.82, 2.24) is 4.90 Å². The molecular formula is C34H36F7NO2. The van der Waals surface area contributed by atoms with E-state index >= 15 is 0 Å². The van der Waals surface area contributed by atoms with E-state index in [1.54, 1.807) is 0 Å². The highest BCUT2D eigenvalue weighted by atomic mass is 19.4. The van der Waals surface area contributed by atoms with E-state index < -0.39 is 41.6 Å². The molecule has 0 radical (unpaired) electrons. The molecule has 1 N–H and O–H groups in total. The van der Waals surface area contributed by atoms with Gasteiger partial charge in [-0.1, -0.05) is 42.5 Å². The van der Waals surface area contributed by atoms with Gasteiger partial charge in [0.2, 0.25) is 0 Å². The topological polar surface area (TPSA) is 32.7 Å². The van der Waals surface area contributed by atoms with Gasteiger partial charge in [0.15, 0.2) is 0 Å². The Bertz CT molecular complexity index is 1330. The van der Waals surface area contributed by atoms with Crippen molar-refractivity contribution in [2.75, 3.05) is 26.3 Å². The summed E-state index contributed by atoms with van der Waals surface area (Å²) in [6.45, 7) is 1.12. The van der Waals surface area contributed by atoms with Crippen LogP contribution in [0.1, 0.15) is 78.4 Å². The third-order valence-electron chi connectivity index (χ3n) is 9.39. The van der Waals surface area contributed by atoms with Crippen LogP contribution in [0.2, 0.25) is 0 Å². The monoisotopic (exact) mass is 623 g/mol. The number of nitrogens with zero attached hydrogens (tertiary/aromatic N) is 1. The summed E-state index contributed by atoms with van der Waals surface area (Å²) in [5.41, 5.74) is -1.61. The Labute approximate surface area is 252 Å². The summed E-state index contributed by atoms with van der Waals surface area (Å²) in [5.74, 6) is 0.141. The van der Waals surface area contributed by atoms with Crippen molar-refractivity contribution in [2.24, 2.45) is 0 Å². The number of ether oxygens (including phenoxy) is 1. The summed E-state index contributed by atoms with van der Waals surface area (Å²) in [4.78, 5) is 2.49. The van der Waals surface area contributed by atoms with Gasteiger partial charge in [0, 0.05) is 11.5 Å². The smallest absolute Gasteiger partial charge is 0.393 e. The molecule has 0 bridgehead atoms. The van der Waals surface area contributed by atoms with E-state index in [0.717, 1.165) is 49.9 Å². The average molecular weight is 624 g/mol. The number of aliphatic hydroxyl groups is 1. The van der Waals surface area contributed by atoms with Gasteiger partial charge >= 0.3 is 12.4 Å². The van der Waals surface area contributed by atoms with Crippen molar-refractivity contribution in [3.63, 3.8) is 0 Å². The number of halogens is 7. The minimum atomic E-state index is -4.99. The zero-order valence-electron chi connectivity index (χ0n) is 24.2. The summed E-state index contributed by atoms with van der Waals surface area (Å²) >= 11 is 0. The first-order valence-electron chi connectivity index (χ1n) is 14.9. The lowest BCUT2D eigenvalue weighted by atomic mass is 9.68. The lowest BCUT2D eigenvalue weighted by molar-refractivity contribution is -0.143. The quantitative estimate of drug-likeness (QED) is 0.255. The molecule has 0 spiro atoms. The second kappa shape index (κ2) is 13.2. The Morgan fingerprint density at radius 3 is 1.89 bits per heavy atom. The molecular weight excluding hydrogens is 587 g/mol. The van der Waals surface area contributed by atoms with Crippen LogP contribution in [0.3, 0.4) is 0 Å². The van der Waals surface area contributed by atoms with Crippen molar-refractivity contribution in [3.8, 4) is 0 Å². The van der Waals surface area contributed by atoms with Crippen molar-refractivity contribution >= 4 is 0 Å². The van der Waals surface area contributed by atoms with E-state index in [0.29, 0.717) is 36.9 Å². The second-order valence-corrected chi connectivity index (χ2v) is 12.1. The third kappa shape index (κ3) is 7.46. The fourth-order valence-electron chi connectivity index (χ4n) is 6.84. The Morgan fingerprint density at radius 1 is 0.795 bits per heavy atom. The summed E-state index contributed by atoms with van der Waals surface area (Å²) < 4.78 is 100. The largest absolute Gasteiger partial charge is 0.416 e. The van der Waals surface area contributed by atoms with Crippen molar-refractivity contribution in [2.45, 2.75) is 74.4 Å². The summed E-state index contributed by atoms with van der Waals surface area (Å²) in [6.07, 6.45) is -6.25. The molecule has 1 heterocycles. The van der Waals surface area contributed by atoms with Gasteiger partial charge in [0.25, 0.3) is 0 Å². The van der Waals surface area contributed by atoms with Crippen LogP contribution in [0.4, 0.5) is 30.7 Å². The number of rotatable bonds is 8. The normalized spacial score (nSPS) is 23.0. The molecule has 238 valence electrons. The van der Waals surface area contributed by atoms with Gasteiger partial charge < -0.3 is 14.7 Å². The lowest BCUT2D eigenvalue weighted by Crippen LogP contribution is -2.47. The van der Waals surface area contributed by atoms with Gasteiger partial charge in [0.1, 0.15) is 11.9 Å². The predicted octanol–water partition coefficient (Wildman–Crippen LogP) is 8.67. The average Bonchev–Trinajstić information content (AvgIpc) is 3.02. The first-order chi connectivity index (χ1) is 20.9. The maximum atomic E-state index is 13.5. The Hall–Kier alpha value is -2.95. The fraction of sp³-hybridized carbons (Fsp3) is 0.471. The van der Waals surface area contributed by atoms with Crippen LogP contribution in [0.5, 0.6) is 0 Å². The minimum absolute atomic E-state index is 0.0409. The molecule has 44 heavy (non-hydrogen) atoms. The van der Waals surface area contributed by atoms with Gasteiger partial charge in [0.05, 0.1) is 24.3 Å². The number of piperidine rings is 1. The molecule has 3 aromatic carbocycles. The highest BCUT2D eigenvalue weighted by molar-refractivity contribution is 5.35. The lowest BCUT2D eigenvalue weighted by Gasteiger charge is -2.46. The van der Waals surface area contributed by atoms with Gasteiger partial charge in [-0.2, -0.15) is 26.3 Å². The van der Waals surface area contributed by atoms with Crippen LogP contribution in [-0.2, 0) is 22.5 Å². The molecule has 0 amide bonds. The molecule has 1 atom stereocenters. The maximum Gasteiger partial charge on any atom is 0.416 e. The molecule has 1 saturated heterocycles. The highest BCUT2D eigenvalue weighted by Gasteiger charge is 2.41. The van der Waals surface area contributed by atoms with Crippen LogP contribution < -0.4 is 0 Å². The summed E-state index contributed by atoms with van der Waals surface area (Å²) in [6, 6.07) is 18.0. The molecule has 3 nitrogen and oxygen atoms in total. The number of hydrogen-bond acceptors (Lipinski definition) is 3. The van der Waals surface area contributed by atoms with E-state index in [1.807, 2.05) is 42.5 Å². The molecule has 5 rings (SSSR count). The maximum absolute atomic E-state index is 13.5. The van der Waals surface area contributed by atoms with Crippen LogP contribution in [-0.4, -0.2) is 42.4 Å². The van der Waals surface area contributed by atoms with Crippen molar-refractivity contribution in [3.05, 3.63) is 106 Å². The van der Waals surface area contributed by atoms with E-state index in [2.05, 4.69) is 4.90 Å². The zero-order valence-corrected chi connectivity index (χ0v) is 24.2. The standard InChI is InChI=1S/C34H36F7NO2/c35-29-8-6-23(7-9-29)24-12-16-42(17-13-24)30-10-14-32(15-11-30,26-4-2-1-3-5-26)22-44-31(21-43)25-18-27(33(36,37)38)20-28(19-25)34(39,40)41/h1-9,18-20,24,30-31,43H,10-17,21-22H2. The minimum Gasteiger partial charge on any atom is -0.393 e. The molecule has 1 unspecified atom stereocenters. The van der Waals surface area contributed by atoms with Crippen LogP contribution in [0.25, 0.3) is 0 Å². The van der Waals surface area contributed by atoms with Crippen LogP contribution in [0.15, 0.2) is 72.8 Å². The Morgan fingerprint density at radius 2 is 1.36 bits per heavy atom. The molecule has 0 aromatic heterocycles. The fourth-order valence-corrected chi connectivity index (χ4v) is 6.84. The number of aliphatic hydroxyl groups excluding tert-OH is 1. The predicted molar refractivity (Wildman–Crippen MR) is 153 cm³/mol. The van der Waals surface area contributed by atoms with Gasteiger partial charge in [-0.25, -0.2) is 4.39 Å². The molecule has 3 aromatic rings. The molecule has 1 aliphatic heterocycles. The number of hydrogen-bond donors (Lipinski definition) is 1. The molecule has 2 fully saturated rings. The first-order valence-corrected chi connectivity index (χ1v) is 14.9. The van der Waals surface area contributed by atoms with Gasteiger partial charge in [-0.3, -0.25) is 0 Å². The number of alkyl halides is 6. The van der Waals surface area contributed by atoms with Crippen LogP contribution in [0, 0.1) is 5.82 Å². The van der Waals surface area contributed by atoms with E-state index in [9.17, 15) is 35.8 Å². The van der Waals surface area contributed by atoms with Crippen LogP contribution >= 0.6 is 0 Å². The van der Waals surface area contributed by atoms with Crippen molar-refractivity contribution < 1.29 is 40.6 Å². The van der Waals surface area contributed by atoms with Gasteiger partial charge in [-0.05, 0) is 105 Å². The summed E-state index contributed by atoms with van der Waals surface area (Å²) in [7, 11) is 0. The SMILES string of the molecule is OCC(OCC1(c2ccccc2)CCC(N2CCC(c3ccc(F)cc3)CC2)CC1)c1cc(C(F)(F)F)cc(C(F)(F)F)c1. The number of likely N-dealkylation sites (tertiary alicyclic amines) is 1. The van der Waals surface area contributed by atoms with Gasteiger partial charge in [-0.15, -0.1) is 0 Å². The highest BCUT2D eigenvalue weighted by Crippen LogP contribution is 2.44. The molecule has 2 aliphatic rings.